The quantitative estimate of drug-likeness (QED) is 0.128. The first kappa shape index (κ1) is 26.7. The van der Waals surface area contributed by atoms with Crippen LogP contribution in [0.4, 0.5) is 0 Å². The number of aliphatic imine (C=N–C) groups is 1. The average molecular weight is 521 g/mol. The average Bonchev–Trinajstić information content (AvgIpc) is 2.84. The number of nitrogens with one attached hydrogen (secondary N) is 2. The number of amides is 2. The van der Waals surface area contributed by atoms with Gasteiger partial charge < -0.3 is 15.5 Å². The summed E-state index contributed by atoms with van der Waals surface area (Å²) in [5.74, 6) is -0.928. The fourth-order valence-electron chi connectivity index (χ4n) is 3.86. The molecule has 0 unspecified atom stereocenters. The number of carbonyl (C=O) groups is 2. The van der Waals surface area contributed by atoms with E-state index in [0.29, 0.717) is 18.5 Å². The summed E-state index contributed by atoms with van der Waals surface area (Å²) in [6.45, 7) is 2.72. The molecule has 1 atom stereocenters. The summed E-state index contributed by atoms with van der Waals surface area (Å²) < 4.78 is 29.2. The van der Waals surface area contributed by atoms with Gasteiger partial charge in [0.2, 0.25) is 21.8 Å². The molecule has 15 heteroatoms. The predicted octanol–water partition coefficient (Wildman–Crippen LogP) is -0.551. The lowest BCUT2D eigenvalue weighted by atomic mass is 10.1. The number of nitrogens with zero attached hydrogens (tertiary/aromatic N) is 5. The van der Waals surface area contributed by atoms with E-state index in [0.717, 1.165) is 0 Å². The van der Waals surface area contributed by atoms with E-state index in [1.807, 2.05) is 0 Å². The number of hydrogen-bond donors (Lipinski definition) is 3. The minimum Gasteiger partial charge on any atom is -0.365 e. The fraction of sp³-hybridized carbons (Fsp3) is 0.429. The summed E-state index contributed by atoms with van der Waals surface area (Å²) in [7, 11) is -4.15. The van der Waals surface area contributed by atoms with E-state index in [1.54, 1.807) is 34.6 Å². The zero-order valence-corrected chi connectivity index (χ0v) is 20.5. The molecule has 3 rings (SSSR count). The van der Waals surface area contributed by atoms with Crippen molar-refractivity contribution in [2.45, 2.75) is 30.7 Å². The standard InChI is InChI=1S/C21H28N8O6S/c1-15(30)27-11-13-28(14-12-27)20(31)17(7-4-10-24-21(22)25-29(32)33)26-36(34,35)18-8-2-5-16-6-3-9-23-19(16)18/h2-3,5-6,8-9,17,26H,4,7,10-14H2,1H3,(H3,22,24,25)/t17-/m0/s1. The SMILES string of the molecule is CC(=O)N1CCN(C(=O)[C@H](CCCN=C(N)N[N+](=O)[O-])NS(=O)(=O)c2cccc3cccnc23)CC1. The molecule has 0 saturated carbocycles. The molecule has 14 nitrogen and oxygen atoms in total. The smallest absolute Gasteiger partial charge is 0.251 e. The third-order valence-corrected chi connectivity index (χ3v) is 7.16. The van der Waals surface area contributed by atoms with Crippen LogP contribution in [0.5, 0.6) is 0 Å². The Kier molecular flexibility index (Phi) is 8.71. The van der Waals surface area contributed by atoms with Gasteiger partial charge in [0.15, 0.2) is 5.03 Å². The van der Waals surface area contributed by atoms with Crippen molar-refractivity contribution in [1.29, 1.82) is 0 Å². The van der Waals surface area contributed by atoms with Crippen LogP contribution in [0, 0.1) is 10.1 Å². The molecule has 0 bridgehead atoms. The minimum absolute atomic E-state index is 0.0338. The van der Waals surface area contributed by atoms with Crippen molar-refractivity contribution >= 4 is 38.7 Å². The molecule has 0 aliphatic carbocycles. The van der Waals surface area contributed by atoms with Gasteiger partial charge in [0.25, 0.3) is 5.96 Å². The van der Waals surface area contributed by atoms with Gasteiger partial charge in [-0.05, 0) is 25.0 Å². The number of nitrogens with two attached hydrogens (primary N) is 1. The van der Waals surface area contributed by atoms with Gasteiger partial charge in [-0.1, -0.05) is 23.6 Å². The molecule has 1 fully saturated rings. The second kappa shape index (κ2) is 11.7. The van der Waals surface area contributed by atoms with Crippen LogP contribution in [0.15, 0.2) is 46.4 Å². The molecule has 1 aliphatic heterocycles. The highest BCUT2D eigenvalue weighted by Gasteiger charge is 2.32. The van der Waals surface area contributed by atoms with Gasteiger partial charge in [-0.2, -0.15) is 4.72 Å². The highest BCUT2D eigenvalue weighted by Crippen LogP contribution is 2.21. The van der Waals surface area contributed by atoms with Crippen molar-refractivity contribution in [3.05, 3.63) is 46.6 Å². The highest BCUT2D eigenvalue weighted by atomic mass is 32.2. The maximum atomic E-state index is 13.3. The third kappa shape index (κ3) is 6.85. The lowest BCUT2D eigenvalue weighted by Gasteiger charge is -2.36. The van der Waals surface area contributed by atoms with E-state index in [1.165, 1.54) is 24.1 Å². The molecule has 2 heterocycles. The number of para-hydroxylation sites is 1. The van der Waals surface area contributed by atoms with Crippen LogP contribution in [0.25, 0.3) is 10.9 Å². The Morgan fingerprint density at radius 2 is 1.86 bits per heavy atom. The number of rotatable bonds is 9. The van der Waals surface area contributed by atoms with Crippen molar-refractivity contribution in [3.8, 4) is 0 Å². The van der Waals surface area contributed by atoms with Crippen molar-refractivity contribution in [3.63, 3.8) is 0 Å². The number of hydrazine groups is 1. The first-order valence-electron chi connectivity index (χ1n) is 11.2. The van der Waals surface area contributed by atoms with E-state index in [4.69, 9.17) is 5.73 Å². The molecule has 1 saturated heterocycles. The maximum absolute atomic E-state index is 13.3. The van der Waals surface area contributed by atoms with Crippen LogP contribution >= 0.6 is 0 Å². The van der Waals surface area contributed by atoms with Gasteiger partial charge in [0, 0.05) is 51.2 Å². The first-order valence-corrected chi connectivity index (χ1v) is 12.7. The van der Waals surface area contributed by atoms with Crippen LogP contribution < -0.4 is 15.9 Å². The fourth-order valence-corrected chi connectivity index (χ4v) is 5.27. The van der Waals surface area contributed by atoms with Gasteiger partial charge in [0.05, 0.1) is 5.52 Å². The molecule has 194 valence electrons. The molecule has 1 aromatic heterocycles. The van der Waals surface area contributed by atoms with Crippen molar-refractivity contribution < 1.29 is 23.0 Å². The Morgan fingerprint density at radius 1 is 1.19 bits per heavy atom. The number of nitro groups is 1. The summed E-state index contributed by atoms with van der Waals surface area (Å²) >= 11 is 0. The number of fused-ring (bicyclic) bond motifs is 1. The number of piperazine rings is 1. The van der Waals surface area contributed by atoms with E-state index in [2.05, 4.69) is 14.7 Å². The minimum atomic E-state index is -4.15. The lowest BCUT2D eigenvalue weighted by Crippen LogP contribution is -2.55. The predicted molar refractivity (Wildman–Crippen MR) is 131 cm³/mol. The van der Waals surface area contributed by atoms with E-state index >= 15 is 0 Å². The number of hydrogen-bond acceptors (Lipinski definition) is 8. The normalized spacial score (nSPS) is 15.5. The van der Waals surface area contributed by atoms with Gasteiger partial charge in [-0.15, -0.1) is 0 Å². The Balaban J connectivity index is 1.79. The van der Waals surface area contributed by atoms with E-state index < -0.39 is 33.0 Å². The van der Waals surface area contributed by atoms with Gasteiger partial charge in [0.1, 0.15) is 10.9 Å². The van der Waals surface area contributed by atoms with E-state index in [9.17, 15) is 28.1 Å². The Labute approximate surface area is 207 Å². The van der Waals surface area contributed by atoms with Crippen molar-refractivity contribution in [1.82, 2.24) is 24.9 Å². The van der Waals surface area contributed by atoms with Crippen molar-refractivity contribution in [2.75, 3.05) is 32.7 Å². The second-order valence-corrected chi connectivity index (χ2v) is 9.80. The summed E-state index contributed by atoms with van der Waals surface area (Å²) in [6, 6.07) is 7.05. The number of pyridine rings is 1. The number of benzene rings is 1. The highest BCUT2D eigenvalue weighted by molar-refractivity contribution is 7.89. The molecule has 2 amide bonds. The van der Waals surface area contributed by atoms with Gasteiger partial charge in [-0.25, -0.2) is 23.5 Å². The summed E-state index contributed by atoms with van der Waals surface area (Å²) in [5, 5.41) is 10.2. The lowest BCUT2D eigenvalue weighted by molar-refractivity contribution is -0.525. The number of guanidine groups is 1. The van der Waals surface area contributed by atoms with Gasteiger partial charge >= 0.3 is 0 Å². The second-order valence-electron chi connectivity index (χ2n) is 8.11. The zero-order valence-electron chi connectivity index (χ0n) is 19.7. The molecular weight excluding hydrogens is 492 g/mol. The van der Waals surface area contributed by atoms with Gasteiger partial charge in [-0.3, -0.25) is 14.6 Å². The summed E-state index contributed by atoms with van der Waals surface area (Å²) in [6.07, 6.45) is 1.78. The molecule has 1 aromatic carbocycles. The Morgan fingerprint density at radius 3 is 2.53 bits per heavy atom. The van der Waals surface area contributed by atoms with Crippen LogP contribution in [0.3, 0.4) is 0 Å². The van der Waals surface area contributed by atoms with E-state index in [-0.39, 0.29) is 48.8 Å². The summed E-state index contributed by atoms with van der Waals surface area (Å²) in [5.41, 5.74) is 7.40. The van der Waals surface area contributed by atoms with Crippen LogP contribution in [-0.2, 0) is 19.6 Å². The molecule has 4 N–H and O–H groups in total. The molecule has 0 radical (unpaired) electrons. The number of carbonyl (C=O) groups excluding carboxylic acids is 2. The van der Waals surface area contributed by atoms with Crippen LogP contribution in [-0.4, -0.2) is 84.8 Å². The summed E-state index contributed by atoms with van der Waals surface area (Å²) in [4.78, 5) is 46.5. The molecule has 0 spiro atoms. The molecule has 2 aromatic rings. The Hall–Kier alpha value is -3.85. The monoisotopic (exact) mass is 520 g/mol. The number of sulfonamides is 1. The number of aromatic nitrogens is 1. The molecule has 1 aliphatic rings. The topological polar surface area (TPSA) is 193 Å². The molecule has 36 heavy (non-hydrogen) atoms. The van der Waals surface area contributed by atoms with Crippen molar-refractivity contribution in [2.24, 2.45) is 10.7 Å². The van der Waals surface area contributed by atoms with Crippen LogP contribution in [0.1, 0.15) is 19.8 Å². The Bertz CT molecular complexity index is 1250. The zero-order chi connectivity index (χ0) is 26.3. The molecular formula is C21H28N8O6S. The van der Waals surface area contributed by atoms with Crippen LogP contribution in [0.2, 0.25) is 0 Å². The third-order valence-electron chi connectivity index (χ3n) is 5.66. The first-order chi connectivity index (χ1) is 17.1. The largest absolute Gasteiger partial charge is 0.365 e. The maximum Gasteiger partial charge on any atom is 0.251 e.